The molecule has 17 nitrogen and oxygen atoms in total. The molecule has 3 N–H and O–H groups in total. The summed E-state index contributed by atoms with van der Waals surface area (Å²) >= 11 is 0. The highest BCUT2D eigenvalue weighted by atomic mass is 31.2. The number of esters is 4. The molecule has 0 bridgehead atoms. The monoisotopic (exact) mass is 1530 g/mol. The molecule has 606 valence electrons. The maximum Gasteiger partial charge on any atom is 0.472 e. The summed E-state index contributed by atoms with van der Waals surface area (Å²) in [5.41, 5.74) is 0. The molecule has 0 saturated carbocycles. The molecule has 0 aliphatic rings. The summed E-state index contributed by atoms with van der Waals surface area (Å²) in [5, 5.41) is 10.7. The van der Waals surface area contributed by atoms with Gasteiger partial charge in [0.2, 0.25) is 0 Å². The van der Waals surface area contributed by atoms with Gasteiger partial charge in [0.05, 0.1) is 26.4 Å². The van der Waals surface area contributed by atoms with Gasteiger partial charge in [-0.05, 0) is 167 Å². The highest BCUT2D eigenvalue weighted by Gasteiger charge is 2.30. The Morgan fingerprint density at radius 3 is 0.802 bits per heavy atom. The van der Waals surface area contributed by atoms with E-state index in [2.05, 4.69) is 174 Å². The Morgan fingerprint density at radius 2 is 0.491 bits per heavy atom. The van der Waals surface area contributed by atoms with Crippen LogP contribution in [0.3, 0.4) is 0 Å². The first-order chi connectivity index (χ1) is 51.7. The number of aliphatic hydroxyl groups excluding tert-OH is 1. The fraction of sp³-hybridized carbons (Fsp3) is 0.678. The van der Waals surface area contributed by atoms with E-state index >= 15 is 0 Å². The Bertz CT molecular complexity index is 2580. The lowest BCUT2D eigenvalue weighted by molar-refractivity contribution is -0.161. The third kappa shape index (κ3) is 77.1. The van der Waals surface area contributed by atoms with E-state index in [1.807, 2.05) is 0 Å². The number of phosphoric acid groups is 2. The Balaban J connectivity index is 5.43. The molecule has 19 heteroatoms. The van der Waals surface area contributed by atoms with Crippen LogP contribution in [0.2, 0.25) is 0 Å². The summed E-state index contributed by atoms with van der Waals surface area (Å²) < 4.78 is 68.6. The molecule has 0 aromatic rings. The topological polar surface area (TPSA) is 237 Å². The van der Waals surface area contributed by atoms with Gasteiger partial charge >= 0.3 is 39.5 Å². The van der Waals surface area contributed by atoms with Crippen molar-refractivity contribution < 1.29 is 80.2 Å². The van der Waals surface area contributed by atoms with Crippen molar-refractivity contribution in [3.05, 3.63) is 146 Å². The number of rotatable bonds is 76. The number of carbonyl (C=O) groups is 4. The molecule has 0 heterocycles. The fourth-order valence-electron chi connectivity index (χ4n) is 10.6. The van der Waals surface area contributed by atoms with Gasteiger partial charge < -0.3 is 33.8 Å². The highest BCUT2D eigenvalue weighted by molar-refractivity contribution is 7.47. The van der Waals surface area contributed by atoms with E-state index in [-0.39, 0.29) is 25.7 Å². The van der Waals surface area contributed by atoms with Crippen LogP contribution < -0.4 is 0 Å². The molecule has 0 radical (unpaired) electrons. The van der Waals surface area contributed by atoms with Gasteiger partial charge in [-0.15, -0.1) is 0 Å². The van der Waals surface area contributed by atoms with Crippen LogP contribution in [0.25, 0.3) is 0 Å². The van der Waals surface area contributed by atoms with Gasteiger partial charge in [-0.25, -0.2) is 9.13 Å². The SMILES string of the molecule is CC/C=C\C/C=C\C/C=C\C/C=C\CCCCCCCCC(=O)OCC(COP(=O)(O)OCC(O)COP(=O)(O)OCC(COC(=O)CCCC/C=C\C/C=C\C/C=C\C/C=C\CC)OC(=O)CCCCCCC/C=C\CCCCCC)OC(=O)CCCCCCCC/C=C\C/C=C\C/C=C\CCCCC. The van der Waals surface area contributed by atoms with Crippen LogP contribution in [0.5, 0.6) is 0 Å². The Labute approximate surface area is 643 Å². The average molecular weight is 1530 g/mol. The van der Waals surface area contributed by atoms with E-state index in [1.54, 1.807) is 0 Å². The van der Waals surface area contributed by atoms with Crippen LogP contribution in [0.1, 0.15) is 323 Å². The number of hydrogen-bond donors (Lipinski definition) is 3. The second-order valence-corrected chi connectivity index (χ2v) is 29.8. The second-order valence-electron chi connectivity index (χ2n) is 26.9. The fourth-order valence-corrected chi connectivity index (χ4v) is 12.1. The molecule has 0 aliphatic carbocycles. The molecule has 5 atom stereocenters. The highest BCUT2D eigenvalue weighted by Crippen LogP contribution is 2.45. The zero-order valence-corrected chi connectivity index (χ0v) is 68.1. The van der Waals surface area contributed by atoms with Crippen LogP contribution in [0, 0.1) is 0 Å². The summed E-state index contributed by atoms with van der Waals surface area (Å²) in [6.45, 7) is 4.53. The summed E-state index contributed by atoms with van der Waals surface area (Å²) in [6.07, 6.45) is 89.6. The molecule has 106 heavy (non-hydrogen) atoms. The molecular formula is C87H146O17P2. The normalized spacial score (nSPS) is 14.6. The zero-order valence-electron chi connectivity index (χ0n) is 66.3. The first-order valence-electron chi connectivity index (χ1n) is 41.1. The van der Waals surface area contributed by atoms with Crippen LogP contribution in [-0.4, -0.2) is 96.7 Å². The van der Waals surface area contributed by atoms with Crippen molar-refractivity contribution in [1.29, 1.82) is 0 Å². The van der Waals surface area contributed by atoms with Crippen molar-refractivity contribution in [2.75, 3.05) is 39.6 Å². The minimum atomic E-state index is -5.00. The van der Waals surface area contributed by atoms with E-state index < -0.39 is 97.5 Å². The van der Waals surface area contributed by atoms with Crippen LogP contribution >= 0.6 is 15.6 Å². The number of phosphoric ester groups is 2. The van der Waals surface area contributed by atoms with Gasteiger partial charge in [0.15, 0.2) is 12.2 Å². The maximum atomic E-state index is 13.1. The van der Waals surface area contributed by atoms with Gasteiger partial charge in [0.1, 0.15) is 19.3 Å². The number of allylic oxidation sites excluding steroid dienone is 24. The summed E-state index contributed by atoms with van der Waals surface area (Å²) in [5.74, 6) is -2.26. The Hall–Kier alpha value is -5.06. The molecule has 0 fully saturated rings. The van der Waals surface area contributed by atoms with Crippen molar-refractivity contribution in [3.8, 4) is 0 Å². The van der Waals surface area contributed by atoms with Gasteiger partial charge in [-0.2, -0.15) is 0 Å². The largest absolute Gasteiger partial charge is 0.472 e. The van der Waals surface area contributed by atoms with E-state index in [1.165, 1.54) is 44.9 Å². The predicted molar refractivity (Wildman–Crippen MR) is 436 cm³/mol. The molecule has 0 spiro atoms. The quantitative estimate of drug-likeness (QED) is 0.0169. The third-order valence-corrected chi connectivity index (χ3v) is 18.7. The third-order valence-electron chi connectivity index (χ3n) is 16.8. The molecule has 5 unspecified atom stereocenters. The number of aliphatic hydroxyl groups is 1. The molecule has 0 aliphatic heterocycles. The van der Waals surface area contributed by atoms with E-state index in [4.69, 9.17) is 37.0 Å². The van der Waals surface area contributed by atoms with Crippen molar-refractivity contribution in [1.82, 2.24) is 0 Å². The smallest absolute Gasteiger partial charge is 0.462 e. The molecule has 0 rings (SSSR count). The van der Waals surface area contributed by atoms with Crippen LogP contribution in [0.15, 0.2) is 146 Å². The number of carbonyl (C=O) groups excluding carboxylic acids is 4. The lowest BCUT2D eigenvalue weighted by Gasteiger charge is -2.21. The van der Waals surface area contributed by atoms with Gasteiger partial charge in [0.25, 0.3) is 0 Å². The van der Waals surface area contributed by atoms with Gasteiger partial charge in [-0.3, -0.25) is 37.3 Å². The molecular weight excluding hydrogens is 1380 g/mol. The molecule has 0 amide bonds. The average Bonchev–Trinajstić information content (AvgIpc) is 0.903. The van der Waals surface area contributed by atoms with E-state index in [0.29, 0.717) is 25.7 Å². The lowest BCUT2D eigenvalue weighted by atomic mass is 10.1. The molecule has 0 aromatic carbocycles. The summed E-state index contributed by atoms with van der Waals surface area (Å²) in [6, 6.07) is 0. The maximum absolute atomic E-state index is 13.1. The Kier molecular flexibility index (Phi) is 74.3. The molecule has 0 saturated heterocycles. The number of hydrogen-bond acceptors (Lipinski definition) is 15. The van der Waals surface area contributed by atoms with Crippen LogP contribution in [0.4, 0.5) is 0 Å². The van der Waals surface area contributed by atoms with Gasteiger partial charge in [-0.1, -0.05) is 276 Å². The van der Waals surface area contributed by atoms with Crippen LogP contribution in [-0.2, 0) is 65.4 Å². The standard InChI is InChI=1S/C87H146O17P2/c1-5-9-13-17-21-25-29-33-36-38-40-42-45-49-52-56-60-64-68-72-85(90)98-78-83(104-87(92)74-70-66-62-58-54-50-46-43-41-39-37-34-30-26-22-18-14-10-6-2)80-102-106(95,96)100-76-81(88)75-99-105(93,94)101-79-82(103-86(91)73-69-65-61-57-53-47-32-28-24-20-16-12-8-4)77-97-84(89)71-67-63-59-55-51-48-44-35-31-27-23-19-15-11-7-3/h9,11,13,15,21-23,25-28,32-37,40-44,51,55,81-83,88H,5-8,10,12,14,16-20,24,29-31,38-39,45-50,52-54,56-80H2,1-4H3,(H,93,94)(H,95,96)/b13-9-,15-11-,25-21-,26-22-,27-23-,32-28-,36-33-,37-34-,42-40-,43-41-,44-35-,55-51-. The zero-order chi connectivity index (χ0) is 77.4. The van der Waals surface area contributed by atoms with Gasteiger partial charge in [0, 0.05) is 25.7 Å². The minimum absolute atomic E-state index is 0.0721. The van der Waals surface area contributed by atoms with E-state index in [0.717, 1.165) is 199 Å². The first kappa shape index (κ1) is 101. The van der Waals surface area contributed by atoms with Crippen molar-refractivity contribution in [2.24, 2.45) is 0 Å². The lowest BCUT2D eigenvalue weighted by Crippen LogP contribution is -2.30. The first-order valence-corrected chi connectivity index (χ1v) is 44.1. The number of ether oxygens (including phenoxy) is 4. The van der Waals surface area contributed by atoms with Crippen molar-refractivity contribution in [3.63, 3.8) is 0 Å². The molecule has 0 aromatic heterocycles. The number of unbranched alkanes of at least 4 members (excludes halogenated alkanes) is 26. The van der Waals surface area contributed by atoms with Crippen molar-refractivity contribution >= 4 is 39.5 Å². The predicted octanol–water partition coefficient (Wildman–Crippen LogP) is 24.2. The minimum Gasteiger partial charge on any atom is -0.462 e. The van der Waals surface area contributed by atoms with E-state index in [9.17, 15) is 43.2 Å². The summed E-state index contributed by atoms with van der Waals surface area (Å²) in [4.78, 5) is 73.1. The summed E-state index contributed by atoms with van der Waals surface area (Å²) in [7, 11) is -9.99. The van der Waals surface area contributed by atoms with Crippen molar-refractivity contribution in [2.45, 2.75) is 341 Å². The second kappa shape index (κ2) is 78.1. The Morgan fingerprint density at radius 1 is 0.274 bits per heavy atom.